The van der Waals surface area contributed by atoms with Crippen LogP contribution in [-0.4, -0.2) is 6.54 Å². The van der Waals surface area contributed by atoms with Gasteiger partial charge in [0.1, 0.15) is 6.04 Å². The van der Waals surface area contributed by atoms with Gasteiger partial charge < -0.3 is 0 Å². The maximum Gasteiger partial charge on any atom is 0.263 e. The Morgan fingerprint density at radius 2 is 2.12 bits per heavy atom. The zero-order valence-corrected chi connectivity index (χ0v) is 8.66. The summed E-state index contributed by atoms with van der Waals surface area (Å²) in [5.74, 6) is 0. The first kappa shape index (κ1) is 12.3. The van der Waals surface area contributed by atoms with Crippen LogP contribution in [0.4, 0.5) is 8.78 Å². The maximum atomic E-state index is 12.4. The van der Waals surface area contributed by atoms with Crippen LogP contribution in [-0.2, 0) is 0 Å². The van der Waals surface area contributed by atoms with Crippen LogP contribution in [0, 0.1) is 11.3 Å². The molecule has 1 aromatic carbocycles. The third-order valence-electron chi connectivity index (χ3n) is 2.09. The zero-order valence-electron chi connectivity index (χ0n) is 8.66. The van der Waals surface area contributed by atoms with Gasteiger partial charge in [-0.1, -0.05) is 24.3 Å². The Hall–Kier alpha value is -1.73. The number of hydrogen-bond donors (Lipinski definition) is 1. The second-order valence-corrected chi connectivity index (χ2v) is 3.23. The first-order valence-electron chi connectivity index (χ1n) is 4.81. The molecule has 0 heterocycles. The number of hydrogen-bond acceptors (Lipinski definition) is 2. The van der Waals surface area contributed by atoms with Gasteiger partial charge in [-0.15, -0.1) is 6.58 Å². The summed E-state index contributed by atoms with van der Waals surface area (Å²) in [5, 5.41) is 11.8. The molecule has 1 N–H and O–H groups in total. The summed E-state index contributed by atoms with van der Waals surface area (Å²) in [6, 6.07) is 7.29. The Morgan fingerprint density at radius 3 is 2.69 bits per heavy atom. The standard InChI is InChI=1S/C12H12F2N2/c1-2-6-16-11(8-15)9-4-3-5-10(7-9)12(13)14/h2-5,7,11-12,16H,1,6H2. The van der Waals surface area contributed by atoms with Gasteiger partial charge in [0.25, 0.3) is 6.43 Å². The Bertz CT molecular complexity index is 396. The molecule has 1 aromatic rings. The van der Waals surface area contributed by atoms with Gasteiger partial charge in [-0.3, -0.25) is 5.32 Å². The van der Waals surface area contributed by atoms with Crippen molar-refractivity contribution in [3.8, 4) is 6.07 Å². The molecule has 0 fully saturated rings. The van der Waals surface area contributed by atoms with Crippen molar-refractivity contribution in [1.82, 2.24) is 5.32 Å². The third kappa shape index (κ3) is 3.14. The van der Waals surface area contributed by atoms with E-state index in [4.69, 9.17) is 5.26 Å². The molecule has 1 rings (SSSR count). The molecule has 0 spiro atoms. The summed E-state index contributed by atoms with van der Waals surface area (Å²) in [4.78, 5) is 0. The lowest BCUT2D eigenvalue weighted by atomic mass is 10.1. The molecular weight excluding hydrogens is 210 g/mol. The van der Waals surface area contributed by atoms with Crippen molar-refractivity contribution in [3.63, 3.8) is 0 Å². The molecule has 0 aromatic heterocycles. The van der Waals surface area contributed by atoms with Crippen LogP contribution < -0.4 is 5.32 Å². The van der Waals surface area contributed by atoms with Gasteiger partial charge >= 0.3 is 0 Å². The van der Waals surface area contributed by atoms with E-state index in [1.54, 1.807) is 12.1 Å². The number of benzene rings is 1. The van der Waals surface area contributed by atoms with Gasteiger partial charge in [-0.25, -0.2) is 8.78 Å². The summed E-state index contributed by atoms with van der Waals surface area (Å²) in [7, 11) is 0. The van der Waals surface area contributed by atoms with Crippen LogP contribution in [0.25, 0.3) is 0 Å². The molecule has 0 amide bonds. The van der Waals surface area contributed by atoms with Crippen molar-refractivity contribution >= 4 is 0 Å². The first-order chi connectivity index (χ1) is 7.69. The normalized spacial score (nSPS) is 12.1. The van der Waals surface area contributed by atoms with Crippen molar-refractivity contribution in [2.24, 2.45) is 0 Å². The van der Waals surface area contributed by atoms with Gasteiger partial charge in [0.2, 0.25) is 0 Å². The van der Waals surface area contributed by atoms with E-state index in [0.29, 0.717) is 12.1 Å². The summed E-state index contributed by atoms with van der Waals surface area (Å²) in [5.41, 5.74) is 0.473. The fourth-order valence-corrected chi connectivity index (χ4v) is 1.31. The molecule has 1 atom stereocenters. The van der Waals surface area contributed by atoms with E-state index in [-0.39, 0.29) is 5.56 Å². The number of alkyl halides is 2. The van der Waals surface area contributed by atoms with Crippen LogP contribution in [0.5, 0.6) is 0 Å². The van der Waals surface area contributed by atoms with Gasteiger partial charge in [-0.05, 0) is 11.6 Å². The predicted octanol–water partition coefficient (Wildman–Crippen LogP) is 2.96. The van der Waals surface area contributed by atoms with Crippen LogP contribution in [0.2, 0.25) is 0 Å². The lowest BCUT2D eigenvalue weighted by Gasteiger charge is -2.11. The number of halogens is 2. The maximum absolute atomic E-state index is 12.4. The Morgan fingerprint density at radius 1 is 1.44 bits per heavy atom. The second-order valence-electron chi connectivity index (χ2n) is 3.23. The molecule has 2 nitrogen and oxygen atoms in total. The van der Waals surface area contributed by atoms with E-state index in [9.17, 15) is 8.78 Å². The molecule has 4 heteroatoms. The van der Waals surface area contributed by atoms with Crippen LogP contribution in [0.1, 0.15) is 23.6 Å². The zero-order chi connectivity index (χ0) is 12.0. The van der Waals surface area contributed by atoms with Crippen LogP contribution in [0.3, 0.4) is 0 Å². The van der Waals surface area contributed by atoms with Gasteiger partial charge in [0, 0.05) is 12.1 Å². The fraction of sp³-hybridized carbons (Fsp3) is 0.250. The van der Waals surface area contributed by atoms with Crippen molar-refractivity contribution in [2.75, 3.05) is 6.54 Å². The highest BCUT2D eigenvalue weighted by Gasteiger charge is 2.12. The largest absolute Gasteiger partial charge is 0.295 e. The van der Waals surface area contributed by atoms with E-state index < -0.39 is 12.5 Å². The average molecular weight is 222 g/mol. The molecule has 84 valence electrons. The van der Waals surface area contributed by atoms with E-state index in [1.165, 1.54) is 18.2 Å². The Balaban J connectivity index is 2.88. The van der Waals surface area contributed by atoms with Gasteiger partial charge in [0.15, 0.2) is 0 Å². The fourth-order valence-electron chi connectivity index (χ4n) is 1.31. The van der Waals surface area contributed by atoms with E-state index >= 15 is 0 Å². The van der Waals surface area contributed by atoms with Crippen molar-refractivity contribution in [1.29, 1.82) is 5.26 Å². The van der Waals surface area contributed by atoms with Gasteiger partial charge in [-0.2, -0.15) is 5.26 Å². The molecule has 0 aliphatic heterocycles. The number of nitriles is 1. The monoisotopic (exact) mass is 222 g/mol. The number of rotatable bonds is 5. The lowest BCUT2D eigenvalue weighted by Crippen LogP contribution is -2.19. The minimum atomic E-state index is -2.52. The molecule has 1 unspecified atom stereocenters. The van der Waals surface area contributed by atoms with E-state index in [0.717, 1.165) is 0 Å². The molecule has 0 aliphatic carbocycles. The molecule has 0 radical (unpaired) electrons. The van der Waals surface area contributed by atoms with E-state index in [1.807, 2.05) is 6.07 Å². The SMILES string of the molecule is C=CCNC(C#N)c1cccc(C(F)F)c1. The summed E-state index contributed by atoms with van der Waals surface area (Å²) >= 11 is 0. The second kappa shape index (κ2) is 5.99. The third-order valence-corrected chi connectivity index (χ3v) is 2.09. The van der Waals surface area contributed by atoms with E-state index in [2.05, 4.69) is 11.9 Å². The van der Waals surface area contributed by atoms with Crippen LogP contribution >= 0.6 is 0 Å². The van der Waals surface area contributed by atoms with Crippen LogP contribution in [0.15, 0.2) is 36.9 Å². The topological polar surface area (TPSA) is 35.8 Å². The Kier molecular flexibility index (Phi) is 4.62. The number of nitrogens with zero attached hydrogens (tertiary/aromatic N) is 1. The average Bonchev–Trinajstić information content (AvgIpc) is 2.30. The minimum absolute atomic E-state index is 0.0712. The molecule has 16 heavy (non-hydrogen) atoms. The van der Waals surface area contributed by atoms with Crippen molar-refractivity contribution in [2.45, 2.75) is 12.5 Å². The first-order valence-corrected chi connectivity index (χ1v) is 4.81. The molecule has 0 saturated carbocycles. The highest BCUT2D eigenvalue weighted by Crippen LogP contribution is 2.22. The van der Waals surface area contributed by atoms with Crippen molar-refractivity contribution in [3.05, 3.63) is 48.0 Å². The predicted molar refractivity (Wildman–Crippen MR) is 58.0 cm³/mol. The molecule has 0 aliphatic rings. The quantitative estimate of drug-likeness (QED) is 0.777. The molecule has 0 saturated heterocycles. The number of nitrogens with one attached hydrogen (secondary N) is 1. The lowest BCUT2D eigenvalue weighted by molar-refractivity contribution is 0.151. The highest BCUT2D eigenvalue weighted by atomic mass is 19.3. The summed E-state index contributed by atoms with van der Waals surface area (Å²) < 4.78 is 24.9. The highest BCUT2D eigenvalue weighted by molar-refractivity contribution is 5.29. The minimum Gasteiger partial charge on any atom is -0.295 e. The molecule has 0 bridgehead atoms. The van der Waals surface area contributed by atoms with Crippen molar-refractivity contribution < 1.29 is 8.78 Å². The Labute approximate surface area is 93.2 Å². The summed E-state index contributed by atoms with van der Waals surface area (Å²) in [6.45, 7) is 3.97. The molecular formula is C12H12F2N2. The summed E-state index contributed by atoms with van der Waals surface area (Å²) in [6.07, 6.45) is -0.903. The van der Waals surface area contributed by atoms with Gasteiger partial charge in [0.05, 0.1) is 6.07 Å². The smallest absolute Gasteiger partial charge is 0.263 e.